The molecule has 0 aliphatic heterocycles. The third-order valence-corrected chi connectivity index (χ3v) is 4.46. The van der Waals surface area contributed by atoms with Crippen LogP contribution in [-0.4, -0.2) is 31.0 Å². The molecule has 2 aromatic rings. The van der Waals surface area contributed by atoms with Gasteiger partial charge in [0.1, 0.15) is 17.2 Å². The van der Waals surface area contributed by atoms with Crippen molar-refractivity contribution in [2.24, 2.45) is 0 Å². The number of benzene rings is 2. The first-order chi connectivity index (χ1) is 13.6. The van der Waals surface area contributed by atoms with E-state index in [1.54, 1.807) is 0 Å². The van der Waals surface area contributed by atoms with Crippen molar-refractivity contribution in [1.82, 2.24) is 0 Å². The van der Waals surface area contributed by atoms with Crippen LogP contribution in [0.25, 0.3) is 0 Å². The van der Waals surface area contributed by atoms with Crippen molar-refractivity contribution in [1.29, 1.82) is 0 Å². The molecule has 0 spiro atoms. The first-order valence-corrected chi connectivity index (χ1v) is 10.4. The number of aliphatic hydroxyl groups is 1. The van der Waals surface area contributed by atoms with Gasteiger partial charge in [-0.15, -0.1) is 0 Å². The summed E-state index contributed by atoms with van der Waals surface area (Å²) in [6, 6.07) is 15.9. The van der Waals surface area contributed by atoms with Crippen molar-refractivity contribution < 1.29 is 19.3 Å². The minimum absolute atomic E-state index is 0.200. The van der Waals surface area contributed by atoms with E-state index < -0.39 is 0 Å². The number of rotatable bonds is 14. The average molecular weight is 387 g/mol. The number of unbranched alkanes of at least 4 members (excludes halogenated alkanes) is 3. The third-order valence-electron chi connectivity index (χ3n) is 4.46. The van der Waals surface area contributed by atoms with Crippen LogP contribution in [0.3, 0.4) is 0 Å². The molecule has 0 aliphatic carbocycles. The first-order valence-electron chi connectivity index (χ1n) is 10.4. The highest BCUT2D eigenvalue weighted by atomic mass is 16.5. The molecule has 4 nitrogen and oxygen atoms in total. The lowest BCUT2D eigenvalue weighted by atomic mass is 10.1. The minimum atomic E-state index is -0.200. The summed E-state index contributed by atoms with van der Waals surface area (Å²) in [4.78, 5) is 0. The van der Waals surface area contributed by atoms with Crippen molar-refractivity contribution in [3.8, 4) is 17.2 Å². The van der Waals surface area contributed by atoms with E-state index >= 15 is 0 Å². The SMILES string of the molecule is Cc1ccc(OCCCCOc2ccc(OCCCCCC(C)O)cc2)cc1. The van der Waals surface area contributed by atoms with Gasteiger partial charge in [0.05, 0.1) is 25.9 Å². The smallest absolute Gasteiger partial charge is 0.119 e. The lowest BCUT2D eigenvalue weighted by Gasteiger charge is -2.10. The Morgan fingerprint density at radius 2 is 1.04 bits per heavy atom. The van der Waals surface area contributed by atoms with Crippen LogP contribution in [0.15, 0.2) is 48.5 Å². The molecule has 4 heteroatoms. The van der Waals surface area contributed by atoms with Gasteiger partial charge in [-0.1, -0.05) is 24.1 Å². The molecule has 1 N–H and O–H groups in total. The van der Waals surface area contributed by atoms with Crippen LogP contribution in [0.1, 0.15) is 51.0 Å². The monoisotopic (exact) mass is 386 g/mol. The highest BCUT2D eigenvalue weighted by molar-refractivity contribution is 5.31. The summed E-state index contributed by atoms with van der Waals surface area (Å²) in [7, 11) is 0. The number of hydrogen-bond donors (Lipinski definition) is 1. The lowest BCUT2D eigenvalue weighted by molar-refractivity contribution is 0.179. The number of ether oxygens (including phenoxy) is 3. The van der Waals surface area contributed by atoms with Gasteiger partial charge in [-0.25, -0.2) is 0 Å². The second-order valence-corrected chi connectivity index (χ2v) is 7.24. The van der Waals surface area contributed by atoms with Crippen molar-refractivity contribution >= 4 is 0 Å². The van der Waals surface area contributed by atoms with Gasteiger partial charge in [0.15, 0.2) is 0 Å². The Bertz CT molecular complexity index is 635. The van der Waals surface area contributed by atoms with Gasteiger partial charge in [-0.3, -0.25) is 0 Å². The number of hydrogen-bond acceptors (Lipinski definition) is 4. The van der Waals surface area contributed by atoms with E-state index in [1.165, 1.54) is 5.56 Å². The van der Waals surface area contributed by atoms with Crippen molar-refractivity contribution in [2.75, 3.05) is 19.8 Å². The van der Waals surface area contributed by atoms with Crippen LogP contribution in [-0.2, 0) is 0 Å². The van der Waals surface area contributed by atoms with E-state index in [9.17, 15) is 5.11 Å². The fourth-order valence-corrected chi connectivity index (χ4v) is 2.76. The van der Waals surface area contributed by atoms with Crippen LogP contribution < -0.4 is 14.2 Å². The highest BCUT2D eigenvalue weighted by Gasteiger charge is 1.99. The normalized spacial score (nSPS) is 11.8. The molecule has 0 saturated carbocycles. The summed E-state index contributed by atoms with van der Waals surface area (Å²) in [5, 5.41) is 9.22. The lowest BCUT2D eigenvalue weighted by Crippen LogP contribution is -2.03. The molecule has 0 aromatic heterocycles. The van der Waals surface area contributed by atoms with Crippen LogP contribution in [0.2, 0.25) is 0 Å². The van der Waals surface area contributed by atoms with E-state index in [0.717, 1.165) is 55.8 Å². The molecule has 2 rings (SSSR count). The zero-order valence-electron chi connectivity index (χ0n) is 17.2. The van der Waals surface area contributed by atoms with Gasteiger partial charge in [0.25, 0.3) is 0 Å². The molecule has 154 valence electrons. The van der Waals surface area contributed by atoms with E-state index in [-0.39, 0.29) is 6.10 Å². The molecular formula is C24H34O4. The highest BCUT2D eigenvalue weighted by Crippen LogP contribution is 2.18. The van der Waals surface area contributed by atoms with Crippen LogP contribution in [0.4, 0.5) is 0 Å². The minimum Gasteiger partial charge on any atom is -0.494 e. The summed E-state index contributed by atoms with van der Waals surface area (Å²) in [6.07, 6.45) is 5.72. The summed E-state index contributed by atoms with van der Waals surface area (Å²) in [5.74, 6) is 2.66. The van der Waals surface area contributed by atoms with Crippen LogP contribution >= 0.6 is 0 Å². The molecule has 2 aromatic carbocycles. The summed E-state index contributed by atoms with van der Waals surface area (Å²) in [6.45, 7) is 6.00. The van der Waals surface area contributed by atoms with Gasteiger partial charge in [0, 0.05) is 0 Å². The molecule has 0 fully saturated rings. The molecule has 0 bridgehead atoms. The molecule has 28 heavy (non-hydrogen) atoms. The van der Waals surface area contributed by atoms with Crippen molar-refractivity contribution in [2.45, 2.75) is 58.5 Å². The molecule has 0 aliphatic rings. The van der Waals surface area contributed by atoms with Gasteiger partial charge in [-0.05, 0) is 82.3 Å². The third kappa shape index (κ3) is 9.65. The Balaban J connectivity index is 1.50. The number of aliphatic hydroxyl groups excluding tert-OH is 1. The van der Waals surface area contributed by atoms with E-state index in [2.05, 4.69) is 19.1 Å². The van der Waals surface area contributed by atoms with E-state index in [1.807, 2.05) is 43.3 Å². The predicted molar refractivity (Wildman–Crippen MR) is 113 cm³/mol. The van der Waals surface area contributed by atoms with E-state index in [0.29, 0.717) is 19.8 Å². The molecule has 1 atom stereocenters. The molecular weight excluding hydrogens is 352 g/mol. The summed E-state index contributed by atoms with van der Waals surface area (Å²) in [5.41, 5.74) is 1.24. The largest absolute Gasteiger partial charge is 0.494 e. The Morgan fingerprint density at radius 3 is 1.46 bits per heavy atom. The Labute approximate surface area is 169 Å². The topological polar surface area (TPSA) is 47.9 Å². The van der Waals surface area contributed by atoms with Gasteiger partial charge >= 0.3 is 0 Å². The van der Waals surface area contributed by atoms with Gasteiger partial charge in [-0.2, -0.15) is 0 Å². The maximum Gasteiger partial charge on any atom is 0.119 e. The maximum absolute atomic E-state index is 9.22. The zero-order valence-corrected chi connectivity index (χ0v) is 17.2. The Kier molecular flexibility index (Phi) is 10.3. The predicted octanol–water partition coefficient (Wildman–Crippen LogP) is 5.55. The van der Waals surface area contributed by atoms with Gasteiger partial charge < -0.3 is 19.3 Å². The molecule has 0 radical (unpaired) electrons. The second-order valence-electron chi connectivity index (χ2n) is 7.24. The van der Waals surface area contributed by atoms with E-state index in [4.69, 9.17) is 14.2 Å². The Hall–Kier alpha value is -2.20. The quantitative estimate of drug-likeness (QED) is 0.432. The molecule has 0 amide bonds. The zero-order chi connectivity index (χ0) is 20.0. The standard InChI is InChI=1S/C24H34O4/c1-20-9-11-22(12-10-20)27-18-6-7-19-28-24-15-13-23(14-16-24)26-17-5-3-4-8-21(2)25/h9-16,21,25H,3-8,17-19H2,1-2H3. The van der Waals surface area contributed by atoms with Crippen molar-refractivity contribution in [3.05, 3.63) is 54.1 Å². The maximum atomic E-state index is 9.22. The van der Waals surface area contributed by atoms with Crippen LogP contribution in [0.5, 0.6) is 17.2 Å². The number of aryl methyl sites for hydroxylation is 1. The average Bonchev–Trinajstić information content (AvgIpc) is 2.69. The second kappa shape index (κ2) is 13.1. The molecule has 0 heterocycles. The van der Waals surface area contributed by atoms with Crippen molar-refractivity contribution in [3.63, 3.8) is 0 Å². The van der Waals surface area contributed by atoms with Gasteiger partial charge in [0.2, 0.25) is 0 Å². The molecule has 1 unspecified atom stereocenters. The fourth-order valence-electron chi connectivity index (χ4n) is 2.76. The Morgan fingerprint density at radius 1 is 0.643 bits per heavy atom. The summed E-state index contributed by atoms with van der Waals surface area (Å²) < 4.78 is 17.2. The van der Waals surface area contributed by atoms with Crippen LogP contribution in [0, 0.1) is 6.92 Å². The molecule has 0 saturated heterocycles. The first kappa shape index (κ1) is 22.1. The summed E-state index contributed by atoms with van der Waals surface area (Å²) >= 11 is 0. The fraction of sp³-hybridized carbons (Fsp3) is 0.500.